The molecule has 2 rings (SSSR count). The lowest BCUT2D eigenvalue weighted by molar-refractivity contribution is -0.304. The number of carbonyl (C=O) groups excluding carboxylic acids is 3. The largest absolute Gasteiger partial charge is 0.460 e. The highest BCUT2D eigenvalue weighted by atomic mass is 16.7. The van der Waals surface area contributed by atoms with Gasteiger partial charge in [0.25, 0.3) is 0 Å². The summed E-state index contributed by atoms with van der Waals surface area (Å²) < 4.78 is 17.6. The zero-order chi connectivity index (χ0) is 33.8. The molecule has 0 aromatic carbocycles. The Labute approximate surface area is 280 Å². The van der Waals surface area contributed by atoms with Gasteiger partial charge in [-0.3, -0.25) is 9.59 Å². The third-order valence-corrected chi connectivity index (χ3v) is 9.07. The lowest BCUT2D eigenvalue weighted by Crippen LogP contribution is -2.56. The van der Waals surface area contributed by atoms with Gasteiger partial charge >= 0.3 is 12.0 Å². The van der Waals surface area contributed by atoms with E-state index in [1.807, 2.05) is 25.7 Å². The van der Waals surface area contributed by atoms with Gasteiger partial charge < -0.3 is 29.7 Å². The maximum Gasteiger partial charge on any atom is 0.317 e. The molecule has 1 saturated carbocycles. The van der Waals surface area contributed by atoms with Gasteiger partial charge in [0.15, 0.2) is 5.79 Å². The number of rotatable bonds is 21. The molecule has 2 fully saturated rings. The molecule has 0 aromatic rings. The van der Waals surface area contributed by atoms with Crippen molar-refractivity contribution in [1.82, 2.24) is 15.5 Å². The number of unbranched alkanes of at least 4 members (excludes halogenated alkanes) is 9. The number of amides is 3. The Morgan fingerprint density at radius 3 is 2.17 bits per heavy atom. The van der Waals surface area contributed by atoms with Crippen LogP contribution in [0.1, 0.15) is 151 Å². The third kappa shape index (κ3) is 15.2. The Kier molecular flexibility index (Phi) is 18.9. The second-order valence-corrected chi connectivity index (χ2v) is 14.4. The fourth-order valence-electron chi connectivity index (χ4n) is 6.25. The fourth-order valence-corrected chi connectivity index (χ4v) is 6.25. The molecule has 1 aliphatic heterocycles. The summed E-state index contributed by atoms with van der Waals surface area (Å²) in [5, 5.41) is 5.92. The Hall–Kier alpha value is -2.13. The predicted octanol–water partition coefficient (Wildman–Crippen LogP) is 7.81. The van der Waals surface area contributed by atoms with Crippen molar-refractivity contribution in [3.05, 3.63) is 12.2 Å². The summed E-state index contributed by atoms with van der Waals surface area (Å²) >= 11 is 0. The lowest BCUT2D eigenvalue weighted by atomic mass is 9.85. The highest BCUT2D eigenvalue weighted by Crippen LogP contribution is 2.35. The Morgan fingerprint density at radius 1 is 0.826 bits per heavy atom. The number of urea groups is 1. The molecule has 3 amide bonds. The van der Waals surface area contributed by atoms with Gasteiger partial charge in [0, 0.05) is 25.0 Å². The van der Waals surface area contributed by atoms with Crippen molar-refractivity contribution in [2.75, 3.05) is 26.2 Å². The zero-order valence-electron chi connectivity index (χ0n) is 30.1. The van der Waals surface area contributed by atoms with Crippen molar-refractivity contribution in [1.29, 1.82) is 0 Å². The van der Waals surface area contributed by atoms with Crippen LogP contribution in [0.3, 0.4) is 0 Å². The van der Waals surface area contributed by atoms with E-state index in [1.165, 1.54) is 44.9 Å². The maximum absolute atomic E-state index is 13.3. The van der Waals surface area contributed by atoms with Crippen molar-refractivity contribution >= 4 is 17.9 Å². The number of esters is 1. The minimum atomic E-state index is -0.841. The molecule has 0 spiro atoms. The zero-order valence-corrected chi connectivity index (χ0v) is 30.1. The molecule has 46 heavy (non-hydrogen) atoms. The summed E-state index contributed by atoms with van der Waals surface area (Å²) in [6.45, 7) is 13.6. The molecule has 0 radical (unpaired) electrons. The van der Waals surface area contributed by atoms with Gasteiger partial charge in [-0.25, -0.2) is 4.79 Å². The summed E-state index contributed by atoms with van der Waals surface area (Å²) in [6, 6.07) is -0.196. The van der Waals surface area contributed by atoms with Crippen LogP contribution in [0.4, 0.5) is 4.79 Å². The Balaban J connectivity index is 1.81. The van der Waals surface area contributed by atoms with Crippen LogP contribution in [0.25, 0.3) is 0 Å². The highest BCUT2D eigenvalue weighted by molar-refractivity contribution is 5.82. The van der Waals surface area contributed by atoms with E-state index in [4.69, 9.17) is 14.2 Å². The first-order valence-corrected chi connectivity index (χ1v) is 18.5. The monoisotopic (exact) mass is 650 g/mol. The van der Waals surface area contributed by atoms with E-state index in [2.05, 4.69) is 29.7 Å². The molecular weight excluding hydrogens is 582 g/mol. The normalized spacial score (nSPS) is 22.3. The molecule has 3 unspecified atom stereocenters. The minimum Gasteiger partial charge on any atom is -0.460 e. The number of hydrogen-bond acceptors (Lipinski definition) is 6. The van der Waals surface area contributed by atoms with Crippen molar-refractivity contribution in [3.63, 3.8) is 0 Å². The second-order valence-electron chi connectivity index (χ2n) is 14.4. The third-order valence-electron chi connectivity index (χ3n) is 9.07. The number of nitrogens with one attached hydrogen (secondary N) is 2. The van der Waals surface area contributed by atoms with Crippen LogP contribution >= 0.6 is 0 Å². The first-order chi connectivity index (χ1) is 22.0. The van der Waals surface area contributed by atoms with Crippen LogP contribution in [0.2, 0.25) is 0 Å². The summed E-state index contributed by atoms with van der Waals surface area (Å²) in [5.41, 5.74) is -0.484. The standard InChI is InChI=1S/C37H67N3O6/c1-7-9-10-11-12-13-14-15-16-17-18-19-22-28-40(35(43)39-26-8-2)30-23-20-21-24-31(30)45-32(41)25-27-38-34(42)33-36(3,4)29-44-37(5,6)46-33/h13-14,30-31,33H,7-12,15-29H2,1-6H3,(H,38,42)(H,39,43). The van der Waals surface area contributed by atoms with Gasteiger partial charge in [0.2, 0.25) is 5.91 Å². The first kappa shape index (κ1) is 40.0. The van der Waals surface area contributed by atoms with Crippen molar-refractivity contribution < 1.29 is 28.6 Å². The smallest absolute Gasteiger partial charge is 0.317 e. The molecule has 0 aromatic heterocycles. The van der Waals surface area contributed by atoms with Gasteiger partial charge in [-0.15, -0.1) is 0 Å². The van der Waals surface area contributed by atoms with Crippen LogP contribution in [0.15, 0.2) is 12.2 Å². The summed E-state index contributed by atoms with van der Waals surface area (Å²) in [5.74, 6) is -1.45. The molecular formula is C37H67N3O6. The molecule has 1 aliphatic carbocycles. The number of nitrogens with zero attached hydrogens (tertiary/aromatic N) is 1. The SMILES string of the molecule is CCCCCCC=CCCCCCCCN(C(=O)NCCC)C1CCCCC1OC(=O)CCNC(=O)C1OC(C)(C)OCC1(C)C. The molecule has 266 valence electrons. The van der Waals surface area contributed by atoms with Crippen LogP contribution in [0, 0.1) is 5.41 Å². The van der Waals surface area contributed by atoms with E-state index in [-0.39, 0.29) is 43.0 Å². The summed E-state index contributed by atoms with van der Waals surface area (Å²) in [4.78, 5) is 41.1. The van der Waals surface area contributed by atoms with Crippen LogP contribution in [-0.4, -0.2) is 73.1 Å². The van der Waals surface area contributed by atoms with Crippen LogP contribution in [0.5, 0.6) is 0 Å². The van der Waals surface area contributed by atoms with Crippen molar-refractivity contribution in [2.45, 2.75) is 175 Å². The summed E-state index contributed by atoms with van der Waals surface area (Å²) in [6.07, 6.45) is 21.4. The molecule has 9 heteroatoms. The molecule has 1 heterocycles. The number of hydrogen-bond donors (Lipinski definition) is 2. The number of carbonyl (C=O) groups is 3. The Bertz CT molecular complexity index is 921. The topological polar surface area (TPSA) is 106 Å². The molecule has 1 saturated heterocycles. The lowest BCUT2D eigenvalue weighted by Gasteiger charge is -2.44. The number of allylic oxidation sites excluding steroid dienone is 2. The van der Waals surface area contributed by atoms with E-state index in [9.17, 15) is 14.4 Å². The van der Waals surface area contributed by atoms with Crippen LogP contribution < -0.4 is 10.6 Å². The quantitative estimate of drug-likeness (QED) is 0.0746. The van der Waals surface area contributed by atoms with E-state index in [1.54, 1.807) is 13.8 Å². The van der Waals surface area contributed by atoms with Gasteiger partial charge in [0.1, 0.15) is 12.2 Å². The van der Waals surface area contributed by atoms with E-state index in [0.717, 1.165) is 57.8 Å². The van der Waals surface area contributed by atoms with E-state index < -0.39 is 17.3 Å². The van der Waals surface area contributed by atoms with Gasteiger partial charge in [-0.05, 0) is 71.6 Å². The predicted molar refractivity (Wildman–Crippen MR) is 184 cm³/mol. The van der Waals surface area contributed by atoms with Gasteiger partial charge in [-0.2, -0.15) is 0 Å². The highest BCUT2D eigenvalue weighted by Gasteiger charge is 2.45. The van der Waals surface area contributed by atoms with Crippen LogP contribution in [-0.2, 0) is 23.8 Å². The second kappa shape index (κ2) is 21.7. The van der Waals surface area contributed by atoms with Crippen molar-refractivity contribution in [2.24, 2.45) is 5.41 Å². The first-order valence-electron chi connectivity index (χ1n) is 18.5. The minimum absolute atomic E-state index is 0.0619. The van der Waals surface area contributed by atoms with Gasteiger partial charge in [-0.1, -0.05) is 84.8 Å². The molecule has 3 atom stereocenters. The molecule has 9 nitrogen and oxygen atoms in total. The molecule has 0 bridgehead atoms. The average molecular weight is 650 g/mol. The van der Waals surface area contributed by atoms with Gasteiger partial charge in [0.05, 0.1) is 19.1 Å². The Morgan fingerprint density at radius 2 is 1.48 bits per heavy atom. The van der Waals surface area contributed by atoms with Crippen molar-refractivity contribution in [3.8, 4) is 0 Å². The summed E-state index contributed by atoms with van der Waals surface area (Å²) in [7, 11) is 0. The maximum atomic E-state index is 13.3. The molecule has 2 aliphatic rings. The van der Waals surface area contributed by atoms with E-state index >= 15 is 0 Å². The fraction of sp³-hybridized carbons (Fsp3) is 0.865. The average Bonchev–Trinajstić information content (AvgIpc) is 3.02. The van der Waals surface area contributed by atoms with E-state index in [0.29, 0.717) is 19.7 Å². The molecule has 2 N–H and O–H groups in total. The number of ether oxygens (including phenoxy) is 3.